The molecule has 0 saturated carbocycles. The number of quaternary nitrogens is 3. The topological polar surface area (TPSA) is 69.2 Å². The zero-order chi connectivity index (χ0) is 30.6. The zero-order valence-electron chi connectivity index (χ0n) is 24.9. The first-order chi connectivity index (χ1) is 16.2. The average Bonchev–Trinajstić information content (AvgIpc) is 2.82. The van der Waals surface area contributed by atoms with Crippen LogP contribution in [0.5, 0.6) is 0 Å². The van der Waals surface area contributed by atoms with Crippen molar-refractivity contribution in [1.29, 1.82) is 0 Å². The zero-order valence-corrected chi connectivity index (χ0v) is 32.0. The van der Waals surface area contributed by atoms with E-state index >= 15 is 0 Å². The summed E-state index contributed by atoms with van der Waals surface area (Å²) in [6, 6.07) is 0. The first kappa shape index (κ1) is 51.0. The predicted molar refractivity (Wildman–Crippen MR) is 175 cm³/mol. The second-order valence-electron chi connectivity index (χ2n) is 8.49. The van der Waals surface area contributed by atoms with Crippen molar-refractivity contribution >= 4 is 97.1 Å². The van der Waals surface area contributed by atoms with Gasteiger partial charge in [-0.15, -0.1) is 0 Å². The Kier molecular flexibility index (Phi) is 47.5. The van der Waals surface area contributed by atoms with E-state index in [1.165, 1.54) is 72.4 Å². The predicted octanol–water partition coefficient (Wildman–Crippen LogP) is 4.37. The summed E-state index contributed by atoms with van der Waals surface area (Å²) < 4.78 is 3.63. The van der Waals surface area contributed by atoms with E-state index in [0.29, 0.717) is 0 Å². The summed E-state index contributed by atoms with van der Waals surface area (Å²) in [4.78, 5) is 0. The lowest BCUT2D eigenvalue weighted by molar-refractivity contribution is -0.904. The highest BCUT2D eigenvalue weighted by Crippen LogP contribution is 1.99. The molecule has 0 heterocycles. The number of rotatable bonds is 9. The van der Waals surface area contributed by atoms with E-state index in [2.05, 4.69) is 165 Å². The summed E-state index contributed by atoms with van der Waals surface area (Å²) in [6.07, 6.45) is 0. The fourth-order valence-corrected chi connectivity index (χ4v) is 2.01. The van der Waals surface area contributed by atoms with Gasteiger partial charge in [0.05, 0.1) is 80.0 Å². The van der Waals surface area contributed by atoms with Crippen molar-refractivity contribution in [3.05, 3.63) is 0 Å². The lowest BCUT2D eigenvalue weighted by Crippen LogP contribution is -2.42. The summed E-state index contributed by atoms with van der Waals surface area (Å²) in [5.74, 6) is 0. The van der Waals surface area contributed by atoms with Crippen LogP contribution in [0.2, 0.25) is 0 Å². The van der Waals surface area contributed by atoms with Crippen LogP contribution < -0.4 is 15.1 Å². The molecule has 0 radical (unpaired) electrons. The minimum atomic E-state index is -1.13. The van der Waals surface area contributed by atoms with Gasteiger partial charge in [0.2, 0.25) is 15.5 Å². The maximum absolute atomic E-state index is 9.21. The molecule has 0 aromatic carbocycles. The largest absolute Gasteiger partial charge is 0.857 e. The van der Waals surface area contributed by atoms with Gasteiger partial charge in [0.15, 0.2) is 0 Å². The highest BCUT2D eigenvalue weighted by Gasteiger charge is 2.12. The molecule has 15 heteroatoms. The van der Waals surface area contributed by atoms with Gasteiger partial charge in [0.25, 0.3) is 0 Å². The normalized spacial score (nSPS) is 10.2. The van der Waals surface area contributed by atoms with Gasteiger partial charge in [-0.2, -0.15) is 47.3 Å². The Morgan fingerprint density at radius 2 is 0.472 bits per heavy atom. The van der Waals surface area contributed by atoms with Crippen molar-refractivity contribution in [2.75, 3.05) is 80.0 Å². The maximum Gasteiger partial charge on any atom is 0.221 e. The summed E-state index contributed by atoms with van der Waals surface area (Å²) in [6.45, 7) is 31.5. The van der Waals surface area contributed by atoms with Crippen LogP contribution in [-0.2, 0) is 0 Å². The third kappa shape index (κ3) is 52.7. The standard InChI is InChI=1S/3C7H18N.3BBrClO/c3*1-5-8(4,6-2)7-3;3*2-1(3)4/h3*5-7H2,1-4H3;;;/q3*+1;3*-1. The number of hydrogen-bond acceptors (Lipinski definition) is 3. The highest BCUT2D eigenvalue weighted by atomic mass is 79.9. The van der Waals surface area contributed by atoms with Gasteiger partial charge in [0, 0.05) is 0 Å². The van der Waals surface area contributed by atoms with Crippen LogP contribution in [0.1, 0.15) is 62.3 Å². The molecule has 0 bridgehead atoms. The quantitative estimate of drug-likeness (QED) is 0.258. The molecule has 0 aliphatic rings. The Hall–Kier alpha value is 2.26. The molecule has 0 saturated heterocycles. The fraction of sp³-hybridized carbons (Fsp3) is 1.00. The Balaban J connectivity index is -0.0000000773. The lowest BCUT2D eigenvalue weighted by Gasteiger charge is -2.30. The summed E-state index contributed by atoms with van der Waals surface area (Å²) >= 11 is 21.3. The van der Waals surface area contributed by atoms with Gasteiger partial charge in [-0.3, -0.25) is 0 Å². The molecule has 0 spiro atoms. The first-order valence-corrected chi connectivity index (χ1v) is 16.6. The molecule has 0 aromatic rings. The molecule has 0 rings (SSSR count). The molecule has 0 unspecified atom stereocenters. The Morgan fingerprint density at radius 3 is 0.472 bits per heavy atom. The van der Waals surface area contributed by atoms with Crippen molar-refractivity contribution in [2.45, 2.75) is 62.3 Å². The van der Waals surface area contributed by atoms with Crippen LogP contribution in [0.3, 0.4) is 0 Å². The number of halogens is 6. The van der Waals surface area contributed by atoms with E-state index in [1.807, 2.05) is 0 Å². The molecule has 0 N–H and O–H groups in total. The van der Waals surface area contributed by atoms with Gasteiger partial charge in [-0.1, -0.05) is 0 Å². The summed E-state index contributed by atoms with van der Waals surface area (Å²) in [5.41, 5.74) is 0. The molecule has 0 amide bonds. The molecular formula is C21H54B3Br3Cl3N3O3. The Labute approximate surface area is 266 Å². The molecular weight excluding hydrogens is 721 g/mol. The van der Waals surface area contributed by atoms with Gasteiger partial charge in [0.1, 0.15) is 0 Å². The molecule has 0 aromatic heterocycles. The Bertz CT molecular complexity index is 328. The van der Waals surface area contributed by atoms with Crippen LogP contribution in [0.15, 0.2) is 0 Å². The minimum Gasteiger partial charge on any atom is -0.857 e. The Morgan fingerprint density at radius 1 is 0.417 bits per heavy atom. The average molecular weight is 775 g/mol. The number of hydrogen-bond donors (Lipinski definition) is 0. The summed E-state index contributed by atoms with van der Waals surface area (Å²) in [5, 5.41) is 24.2. The SMILES string of the molecule is CC[N+](C)(CC)CC.CC[N+](C)(CC)CC.CC[N+](C)(CC)CC.[O-]B(Cl)Br.[O-]B(Cl)Br.[O-]B(Cl)Br. The maximum atomic E-state index is 9.21. The van der Waals surface area contributed by atoms with Crippen molar-refractivity contribution in [1.82, 2.24) is 0 Å². The van der Waals surface area contributed by atoms with Crippen molar-refractivity contribution in [2.24, 2.45) is 0 Å². The van der Waals surface area contributed by atoms with Crippen LogP contribution in [0.25, 0.3) is 0 Å². The monoisotopic (exact) mass is 771 g/mol. The van der Waals surface area contributed by atoms with Crippen LogP contribution in [-0.4, -0.2) is 109 Å². The van der Waals surface area contributed by atoms with Gasteiger partial charge >= 0.3 is 0 Å². The smallest absolute Gasteiger partial charge is 0.221 e. The highest BCUT2D eigenvalue weighted by molar-refractivity contribution is 9.25. The van der Waals surface area contributed by atoms with Crippen LogP contribution in [0, 0.1) is 0 Å². The van der Waals surface area contributed by atoms with Gasteiger partial charge in [-0.25, -0.2) is 34.4 Å². The molecule has 0 atom stereocenters. The fourth-order valence-electron chi connectivity index (χ4n) is 2.01. The van der Waals surface area contributed by atoms with E-state index in [4.69, 9.17) is 0 Å². The third-order valence-electron chi connectivity index (χ3n) is 6.87. The van der Waals surface area contributed by atoms with E-state index in [1.54, 1.807) is 0 Å². The van der Waals surface area contributed by atoms with Gasteiger partial charge < -0.3 is 28.5 Å². The lowest BCUT2D eigenvalue weighted by atomic mass is 10.4. The van der Waals surface area contributed by atoms with Crippen molar-refractivity contribution < 1.29 is 28.5 Å². The molecule has 6 nitrogen and oxygen atoms in total. The van der Waals surface area contributed by atoms with Gasteiger partial charge in [-0.05, 0) is 62.3 Å². The van der Waals surface area contributed by atoms with E-state index in [9.17, 15) is 15.1 Å². The second-order valence-corrected chi connectivity index (χ2v) is 13.8. The van der Waals surface area contributed by atoms with Crippen molar-refractivity contribution in [3.63, 3.8) is 0 Å². The van der Waals surface area contributed by atoms with Crippen LogP contribution >= 0.6 is 81.7 Å². The summed E-state index contributed by atoms with van der Waals surface area (Å²) in [7, 11) is 6.88. The number of nitrogens with zero attached hydrogens (tertiary/aromatic N) is 3. The molecule has 0 aliphatic carbocycles. The second kappa shape index (κ2) is 33.5. The minimum absolute atomic E-state index is 1.13. The molecule has 222 valence electrons. The van der Waals surface area contributed by atoms with Crippen molar-refractivity contribution in [3.8, 4) is 0 Å². The van der Waals surface area contributed by atoms with E-state index in [0.717, 1.165) is 0 Å². The van der Waals surface area contributed by atoms with Crippen LogP contribution in [0.4, 0.5) is 0 Å². The third-order valence-corrected chi connectivity index (χ3v) is 6.87. The molecule has 0 fully saturated rings. The molecule has 0 aliphatic heterocycles. The van der Waals surface area contributed by atoms with E-state index in [-0.39, 0.29) is 0 Å². The first-order valence-electron chi connectivity index (χ1n) is 12.6. The van der Waals surface area contributed by atoms with E-state index < -0.39 is 15.5 Å². The molecule has 36 heavy (non-hydrogen) atoms.